The van der Waals surface area contributed by atoms with Crippen molar-refractivity contribution in [1.29, 1.82) is 0 Å². The molecule has 84 valence electrons. The number of phenolic OH excluding ortho intramolecular Hbond substituents is 1. The first-order valence-electron chi connectivity index (χ1n) is 5.67. The molecule has 0 saturated heterocycles. The third kappa shape index (κ3) is 3.24. The molecule has 0 radical (unpaired) electrons. The maximum Gasteiger partial charge on any atom is 0.118 e. The SMILES string of the molecule is CCCC(N)(CC)Cc1ccccc1O. The lowest BCUT2D eigenvalue weighted by Crippen LogP contribution is -2.41. The smallest absolute Gasteiger partial charge is 0.118 e. The highest BCUT2D eigenvalue weighted by Crippen LogP contribution is 2.25. The number of hydrogen-bond acceptors (Lipinski definition) is 2. The van der Waals surface area contributed by atoms with Crippen molar-refractivity contribution in [2.75, 3.05) is 0 Å². The fraction of sp³-hybridized carbons (Fsp3) is 0.538. The molecule has 1 aromatic rings. The molecule has 0 heterocycles. The molecular formula is C13H21NO. The summed E-state index contributed by atoms with van der Waals surface area (Å²) in [5.41, 5.74) is 7.08. The van der Waals surface area contributed by atoms with Crippen molar-refractivity contribution in [3.05, 3.63) is 29.8 Å². The highest BCUT2D eigenvalue weighted by atomic mass is 16.3. The number of para-hydroxylation sites is 1. The van der Waals surface area contributed by atoms with E-state index in [9.17, 15) is 5.11 Å². The summed E-state index contributed by atoms with van der Waals surface area (Å²) in [5, 5.41) is 9.68. The molecule has 0 spiro atoms. The fourth-order valence-electron chi connectivity index (χ4n) is 1.93. The Balaban J connectivity index is 2.79. The maximum absolute atomic E-state index is 9.68. The minimum absolute atomic E-state index is 0.173. The lowest BCUT2D eigenvalue weighted by molar-refractivity contribution is 0.365. The van der Waals surface area contributed by atoms with Crippen LogP contribution in [0.2, 0.25) is 0 Å². The Labute approximate surface area is 92.1 Å². The zero-order valence-electron chi connectivity index (χ0n) is 9.66. The summed E-state index contributed by atoms with van der Waals surface area (Å²) in [5.74, 6) is 0.358. The Morgan fingerprint density at radius 1 is 1.27 bits per heavy atom. The highest BCUT2D eigenvalue weighted by molar-refractivity contribution is 5.33. The minimum atomic E-state index is -0.173. The highest BCUT2D eigenvalue weighted by Gasteiger charge is 2.22. The topological polar surface area (TPSA) is 46.2 Å². The van der Waals surface area contributed by atoms with E-state index in [-0.39, 0.29) is 5.54 Å². The van der Waals surface area contributed by atoms with Gasteiger partial charge in [0.1, 0.15) is 5.75 Å². The van der Waals surface area contributed by atoms with E-state index < -0.39 is 0 Å². The van der Waals surface area contributed by atoms with E-state index >= 15 is 0 Å². The van der Waals surface area contributed by atoms with E-state index in [1.54, 1.807) is 6.07 Å². The molecule has 1 rings (SSSR count). The van der Waals surface area contributed by atoms with Gasteiger partial charge in [-0.05, 0) is 30.9 Å². The Hall–Kier alpha value is -1.02. The van der Waals surface area contributed by atoms with Crippen LogP contribution in [0.25, 0.3) is 0 Å². The first-order chi connectivity index (χ1) is 7.11. The average molecular weight is 207 g/mol. The van der Waals surface area contributed by atoms with Gasteiger partial charge in [0.05, 0.1) is 0 Å². The Morgan fingerprint density at radius 2 is 1.93 bits per heavy atom. The predicted molar refractivity (Wildman–Crippen MR) is 63.9 cm³/mol. The van der Waals surface area contributed by atoms with Crippen LogP contribution in [0.3, 0.4) is 0 Å². The van der Waals surface area contributed by atoms with Gasteiger partial charge in [-0.2, -0.15) is 0 Å². The van der Waals surface area contributed by atoms with E-state index in [0.717, 1.165) is 31.2 Å². The van der Waals surface area contributed by atoms with Gasteiger partial charge < -0.3 is 10.8 Å². The number of rotatable bonds is 5. The van der Waals surface area contributed by atoms with Crippen molar-refractivity contribution in [2.45, 2.75) is 45.1 Å². The van der Waals surface area contributed by atoms with E-state index in [0.29, 0.717) is 5.75 Å². The molecule has 2 heteroatoms. The molecule has 0 saturated carbocycles. The van der Waals surface area contributed by atoms with E-state index in [1.807, 2.05) is 18.2 Å². The summed E-state index contributed by atoms with van der Waals surface area (Å²) in [6.07, 6.45) is 3.77. The van der Waals surface area contributed by atoms with Crippen LogP contribution in [-0.4, -0.2) is 10.6 Å². The van der Waals surface area contributed by atoms with Crippen molar-refractivity contribution in [3.63, 3.8) is 0 Å². The lowest BCUT2D eigenvalue weighted by atomic mass is 9.85. The molecule has 15 heavy (non-hydrogen) atoms. The molecule has 0 aliphatic heterocycles. The van der Waals surface area contributed by atoms with Crippen LogP contribution in [0.15, 0.2) is 24.3 Å². The normalized spacial score (nSPS) is 14.9. The third-order valence-electron chi connectivity index (χ3n) is 2.99. The first-order valence-corrected chi connectivity index (χ1v) is 5.67. The van der Waals surface area contributed by atoms with Crippen molar-refractivity contribution < 1.29 is 5.11 Å². The van der Waals surface area contributed by atoms with Gasteiger partial charge in [0.25, 0.3) is 0 Å². The molecule has 0 fully saturated rings. The summed E-state index contributed by atoms with van der Waals surface area (Å²) in [6.45, 7) is 4.25. The van der Waals surface area contributed by atoms with Gasteiger partial charge in [0.2, 0.25) is 0 Å². The number of phenols is 1. The Morgan fingerprint density at radius 3 is 2.47 bits per heavy atom. The van der Waals surface area contributed by atoms with Gasteiger partial charge in [-0.15, -0.1) is 0 Å². The van der Waals surface area contributed by atoms with Crippen molar-refractivity contribution in [1.82, 2.24) is 0 Å². The van der Waals surface area contributed by atoms with Gasteiger partial charge >= 0.3 is 0 Å². The molecule has 1 aromatic carbocycles. The largest absolute Gasteiger partial charge is 0.508 e. The van der Waals surface area contributed by atoms with Crippen LogP contribution in [0, 0.1) is 0 Å². The molecule has 1 atom stereocenters. The molecule has 2 nitrogen and oxygen atoms in total. The van der Waals surface area contributed by atoms with Gasteiger partial charge in [-0.3, -0.25) is 0 Å². The second-order valence-corrected chi connectivity index (χ2v) is 4.27. The summed E-state index contributed by atoms with van der Waals surface area (Å²) < 4.78 is 0. The van der Waals surface area contributed by atoms with Crippen molar-refractivity contribution >= 4 is 0 Å². The van der Waals surface area contributed by atoms with E-state index in [4.69, 9.17) is 5.73 Å². The molecule has 0 aliphatic rings. The second kappa shape index (κ2) is 5.17. The first kappa shape index (κ1) is 12.1. The number of hydrogen-bond donors (Lipinski definition) is 2. The van der Waals surface area contributed by atoms with Crippen LogP contribution in [0.4, 0.5) is 0 Å². The zero-order chi connectivity index (χ0) is 11.3. The summed E-state index contributed by atoms with van der Waals surface area (Å²) in [4.78, 5) is 0. The Bertz CT molecular complexity index is 311. The minimum Gasteiger partial charge on any atom is -0.508 e. The zero-order valence-corrected chi connectivity index (χ0v) is 9.66. The van der Waals surface area contributed by atoms with Gasteiger partial charge in [-0.1, -0.05) is 38.5 Å². The van der Waals surface area contributed by atoms with Crippen LogP contribution >= 0.6 is 0 Å². The molecule has 0 amide bonds. The standard InChI is InChI=1S/C13H21NO/c1-3-9-13(14,4-2)10-11-7-5-6-8-12(11)15/h5-8,15H,3-4,9-10,14H2,1-2H3. The van der Waals surface area contributed by atoms with E-state index in [1.165, 1.54) is 0 Å². The fourth-order valence-corrected chi connectivity index (χ4v) is 1.93. The maximum atomic E-state index is 9.68. The van der Waals surface area contributed by atoms with Gasteiger partial charge in [-0.25, -0.2) is 0 Å². The molecule has 1 unspecified atom stereocenters. The quantitative estimate of drug-likeness (QED) is 0.780. The average Bonchev–Trinajstić information content (AvgIpc) is 2.22. The summed E-state index contributed by atoms with van der Waals surface area (Å²) in [7, 11) is 0. The third-order valence-corrected chi connectivity index (χ3v) is 2.99. The van der Waals surface area contributed by atoms with Crippen LogP contribution in [-0.2, 0) is 6.42 Å². The van der Waals surface area contributed by atoms with Gasteiger partial charge in [0.15, 0.2) is 0 Å². The predicted octanol–water partition coefficient (Wildman–Crippen LogP) is 2.84. The van der Waals surface area contributed by atoms with E-state index in [2.05, 4.69) is 13.8 Å². The molecular weight excluding hydrogens is 186 g/mol. The van der Waals surface area contributed by atoms with Crippen molar-refractivity contribution in [3.8, 4) is 5.75 Å². The number of aromatic hydroxyl groups is 1. The number of benzene rings is 1. The Kier molecular flexibility index (Phi) is 4.15. The lowest BCUT2D eigenvalue weighted by Gasteiger charge is -2.28. The molecule has 3 N–H and O–H groups in total. The molecule has 0 aromatic heterocycles. The summed E-state index contributed by atoms with van der Waals surface area (Å²) in [6, 6.07) is 7.44. The summed E-state index contributed by atoms with van der Waals surface area (Å²) >= 11 is 0. The second-order valence-electron chi connectivity index (χ2n) is 4.27. The van der Waals surface area contributed by atoms with Crippen molar-refractivity contribution in [2.24, 2.45) is 5.73 Å². The number of nitrogens with two attached hydrogens (primary N) is 1. The molecule has 0 aliphatic carbocycles. The van der Waals surface area contributed by atoms with Crippen LogP contribution in [0.5, 0.6) is 5.75 Å². The van der Waals surface area contributed by atoms with Gasteiger partial charge in [0, 0.05) is 5.54 Å². The van der Waals surface area contributed by atoms with Crippen LogP contribution in [0.1, 0.15) is 38.7 Å². The monoisotopic (exact) mass is 207 g/mol. The van der Waals surface area contributed by atoms with Crippen LogP contribution < -0.4 is 5.73 Å². The molecule has 0 bridgehead atoms.